The molecule has 0 fully saturated rings. The van der Waals surface area contributed by atoms with Gasteiger partial charge in [0.1, 0.15) is 12.0 Å². The van der Waals surface area contributed by atoms with Crippen LogP contribution < -0.4 is 4.74 Å². The molecule has 0 aliphatic heterocycles. The van der Waals surface area contributed by atoms with Crippen LogP contribution in [0.25, 0.3) is 0 Å². The maximum absolute atomic E-state index is 10.3. The number of ether oxygens (including phenoxy) is 1. The molecule has 1 aromatic rings. The predicted molar refractivity (Wildman–Crippen MR) is 53.6 cm³/mol. The number of aliphatic hydroxyl groups excluding tert-OH is 1. The molecule has 0 aromatic heterocycles. The summed E-state index contributed by atoms with van der Waals surface area (Å²) in [6, 6.07) is 6.88. The van der Waals surface area contributed by atoms with Crippen molar-refractivity contribution in [1.29, 1.82) is 0 Å². The molecular formula is C11H14O3. The summed E-state index contributed by atoms with van der Waals surface area (Å²) in [6.45, 7) is 2.21. The molecule has 1 atom stereocenters. The minimum Gasteiger partial charge on any atom is -0.493 e. The Labute approximate surface area is 83.3 Å². The first kappa shape index (κ1) is 10.7. The fraction of sp³-hybridized carbons (Fsp3) is 0.364. The number of hydrogen-bond acceptors (Lipinski definition) is 3. The van der Waals surface area contributed by atoms with Crippen molar-refractivity contribution < 1.29 is 14.6 Å². The average molecular weight is 194 g/mol. The molecule has 3 nitrogen and oxygen atoms in total. The third-order valence-corrected chi connectivity index (χ3v) is 1.82. The Morgan fingerprint density at radius 3 is 2.57 bits per heavy atom. The number of benzene rings is 1. The second kappa shape index (κ2) is 5.40. The maximum Gasteiger partial charge on any atom is 0.150 e. The molecule has 0 aliphatic rings. The fourth-order valence-electron chi connectivity index (χ4n) is 0.990. The van der Waals surface area contributed by atoms with Gasteiger partial charge in [-0.2, -0.15) is 0 Å². The van der Waals surface area contributed by atoms with Gasteiger partial charge in [0.25, 0.3) is 0 Å². The van der Waals surface area contributed by atoms with E-state index < -0.39 is 0 Å². The summed E-state index contributed by atoms with van der Waals surface area (Å²) < 4.78 is 5.34. The Hall–Kier alpha value is -1.35. The van der Waals surface area contributed by atoms with Crippen LogP contribution in [0.15, 0.2) is 24.3 Å². The van der Waals surface area contributed by atoms with E-state index in [-0.39, 0.29) is 6.10 Å². The van der Waals surface area contributed by atoms with Gasteiger partial charge in [-0.05, 0) is 31.2 Å². The van der Waals surface area contributed by atoms with Crippen molar-refractivity contribution in [2.75, 3.05) is 6.61 Å². The van der Waals surface area contributed by atoms with E-state index in [4.69, 9.17) is 9.84 Å². The Morgan fingerprint density at radius 2 is 2.07 bits per heavy atom. The highest BCUT2D eigenvalue weighted by Crippen LogP contribution is 2.11. The molecule has 0 amide bonds. The molecule has 0 bridgehead atoms. The average Bonchev–Trinajstić information content (AvgIpc) is 2.18. The molecule has 1 rings (SSSR count). The standard InChI is InChI=1S/C11H14O3/c1-9(13)6-7-14-11-4-2-10(8-12)3-5-11/h2-5,8-9,13H,6-7H2,1H3. The van der Waals surface area contributed by atoms with Gasteiger partial charge in [-0.15, -0.1) is 0 Å². The molecule has 0 radical (unpaired) electrons. The molecule has 0 aliphatic carbocycles. The summed E-state index contributed by atoms with van der Waals surface area (Å²) in [4.78, 5) is 10.3. The molecule has 1 aromatic carbocycles. The van der Waals surface area contributed by atoms with Gasteiger partial charge in [-0.3, -0.25) is 4.79 Å². The molecule has 0 heterocycles. The van der Waals surface area contributed by atoms with Crippen LogP contribution in [0.1, 0.15) is 23.7 Å². The third kappa shape index (κ3) is 3.58. The minimum absolute atomic E-state index is 0.343. The van der Waals surface area contributed by atoms with Crippen LogP contribution in [0.3, 0.4) is 0 Å². The number of rotatable bonds is 5. The summed E-state index contributed by atoms with van der Waals surface area (Å²) in [5.41, 5.74) is 0.632. The Morgan fingerprint density at radius 1 is 1.43 bits per heavy atom. The van der Waals surface area contributed by atoms with Crippen LogP contribution in [0, 0.1) is 0 Å². The zero-order chi connectivity index (χ0) is 10.4. The Balaban J connectivity index is 2.40. The number of carbonyl (C=O) groups is 1. The van der Waals surface area contributed by atoms with Crippen molar-refractivity contribution >= 4 is 6.29 Å². The van der Waals surface area contributed by atoms with Gasteiger partial charge in [-0.25, -0.2) is 0 Å². The lowest BCUT2D eigenvalue weighted by Crippen LogP contribution is -2.07. The van der Waals surface area contributed by atoms with Gasteiger partial charge >= 0.3 is 0 Å². The van der Waals surface area contributed by atoms with Crippen molar-refractivity contribution in [3.63, 3.8) is 0 Å². The molecule has 0 spiro atoms. The normalized spacial score (nSPS) is 12.1. The summed E-state index contributed by atoms with van der Waals surface area (Å²) >= 11 is 0. The quantitative estimate of drug-likeness (QED) is 0.725. The highest BCUT2D eigenvalue weighted by molar-refractivity contribution is 5.74. The minimum atomic E-state index is -0.343. The SMILES string of the molecule is CC(O)CCOc1ccc(C=O)cc1. The van der Waals surface area contributed by atoms with E-state index in [1.807, 2.05) is 0 Å². The number of aliphatic hydroxyl groups is 1. The van der Waals surface area contributed by atoms with E-state index >= 15 is 0 Å². The molecule has 0 saturated carbocycles. The van der Waals surface area contributed by atoms with Gasteiger partial charge in [-0.1, -0.05) is 0 Å². The van der Waals surface area contributed by atoms with E-state index in [1.165, 1.54) is 0 Å². The highest BCUT2D eigenvalue weighted by Gasteiger charge is 1.97. The Bertz CT molecular complexity index is 277. The molecule has 1 unspecified atom stereocenters. The predicted octanol–water partition coefficient (Wildman–Crippen LogP) is 1.65. The lowest BCUT2D eigenvalue weighted by atomic mass is 10.2. The Kier molecular flexibility index (Phi) is 4.13. The zero-order valence-electron chi connectivity index (χ0n) is 8.14. The van der Waals surface area contributed by atoms with Gasteiger partial charge in [0, 0.05) is 12.0 Å². The summed E-state index contributed by atoms with van der Waals surface area (Å²) in [6.07, 6.45) is 1.05. The second-order valence-corrected chi connectivity index (χ2v) is 3.17. The first-order chi connectivity index (χ1) is 6.72. The molecule has 1 N–H and O–H groups in total. The monoisotopic (exact) mass is 194 g/mol. The maximum atomic E-state index is 10.3. The van der Waals surface area contributed by atoms with Crippen LogP contribution >= 0.6 is 0 Å². The first-order valence-electron chi connectivity index (χ1n) is 4.58. The molecular weight excluding hydrogens is 180 g/mol. The molecule has 76 valence electrons. The van der Waals surface area contributed by atoms with Crippen LogP contribution in [0.5, 0.6) is 5.75 Å². The summed E-state index contributed by atoms with van der Waals surface area (Å²) in [7, 11) is 0. The van der Waals surface area contributed by atoms with Crippen molar-refractivity contribution in [2.24, 2.45) is 0 Å². The van der Waals surface area contributed by atoms with E-state index in [9.17, 15) is 4.79 Å². The third-order valence-electron chi connectivity index (χ3n) is 1.82. The van der Waals surface area contributed by atoms with E-state index in [0.29, 0.717) is 18.6 Å². The van der Waals surface area contributed by atoms with Crippen LogP contribution in [0.2, 0.25) is 0 Å². The van der Waals surface area contributed by atoms with Crippen LogP contribution in [-0.2, 0) is 0 Å². The van der Waals surface area contributed by atoms with Gasteiger partial charge in [0.15, 0.2) is 0 Å². The van der Waals surface area contributed by atoms with Crippen LogP contribution in [-0.4, -0.2) is 24.1 Å². The lowest BCUT2D eigenvalue weighted by molar-refractivity contribution is 0.112. The van der Waals surface area contributed by atoms with Gasteiger partial charge in [0.2, 0.25) is 0 Å². The van der Waals surface area contributed by atoms with E-state index in [2.05, 4.69) is 0 Å². The molecule has 14 heavy (non-hydrogen) atoms. The second-order valence-electron chi connectivity index (χ2n) is 3.17. The van der Waals surface area contributed by atoms with Crippen molar-refractivity contribution in [1.82, 2.24) is 0 Å². The van der Waals surface area contributed by atoms with Gasteiger partial charge < -0.3 is 9.84 Å². The van der Waals surface area contributed by atoms with Gasteiger partial charge in [0.05, 0.1) is 12.7 Å². The summed E-state index contributed by atoms with van der Waals surface area (Å²) in [5, 5.41) is 8.99. The molecule has 0 saturated heterocycles. The lowest BCUT2D eigenvalue weighted by Gasteiger charge is -2.07. The van der Waals surface area contributed by atoms with Crippen molar-refractivity contribution in [3.8, 4) is 5.75 Å². The summed E-state index contributed by atoms with van der Waals surface area (Å²) in [5.74, 6) is 0.719. The number of carbonyl (C=O) groups excluding carboxylic acids is 1. The topological polar surface area (TPSA) is 46.5 Å². The number of hydrogen-bond donors (Lipinski definition) is 1. The largest absolute Gasteiger partial charge is 0.493 e. The van der Waals surface area contributed by atoms with E-state index in [0.717, 1.165) is 12.0 Å². The van der Waals surface area contributed by atoms with Crippen LogP contribution in [0.4, 0.5) is 0 Å². The van der Waals surface area contributed by atoms with Crippen molar-refractivity contribution in [2.45, 2.75) is 19.4 Å². The smallest absolute Gasteiger partial charge is 0.150 e. The number of aldehydes is 1. The van der Waals surface area contributed by atoms with E-state index in [1.54, 1.807) is 31.2 Å². The first-order valence-corrected chi connectivity index (χ1v) is 4.58. The molecule has 3 heteroatoms. The highest BCUT2D eigenvalue weighted by atomic mass is 16.5. The zero-order valence-corrected chi connectivity index (χ0v) is 8.14. The van der Waals surface area contributed by atoms with Crippen molar-refractivity contribution in [3.05, 3.63) is 29.8 Å². The fourth-order valence-corrected chi connectivity index (χ4v) is 0.990.